The molecule has 0 aliphatic carbocycles. The highest BCUT2D eigenvalue weighted by molar-refractivity contribution is 9.10. The van der Waals surface area contributed by atoms with Gasteiger partial charge in [-0.15, -0.1) is 0 Å². The van der Waals surface area contributed by atoms with Crippen LogP contribution < -0.4 is 4.72 Å². The molecule has 5 nitrogen and oxygen atoms in total. The Balaban J connectivity index is 2.76. The lowest BCUT2D eigenvalue weighted by Gasteiger charge is -2.13. The minimum atomic E-state index is -3.57. The summed E-state index contributed by atoms with van der Waals surface area (Å²) >= 11 is 3.31. The van der Waals surface area contributed by atoms with Gasteiger partial charge in [0.05, 0.1) is 11.5 Å². The number of aryl methyl sites for hydroxylation is 1. The van der Waals surface area contributed by atoms with Crippen molar-refractivity contribution in [1.82, 2.24) is 9.62 Å². The minimum Gasteiger partial charge on any atom is -0.392 e. The topological polar surface area (TPSA) is 69.6 Å². The molecule has 0 unspecified atom stereocenters. The van der Waals surface area contributed by atoms with E-state index in [2.05, 4.69) is 25.6 Å². The molecule has 0 saturated carbocycles. The Labute approximate surface area is 135 Å². The van der Waals surface area contributed by atoms with Crippen LogP contribution >= 0.6 is 15.9 Å². The van der Waals surface area contributed by atoms with Crippen LogP contribution in [0.15, 0.2) is 21.5 Å². The number of unbranched alkanes of at least 4 members (excludes halogenated alkanes) is 1. The van der Waals surface area contributed by atoms with Crippen molar-refractivity contribution in [3.63, 3.8) is 0 Å². The van der Waals surface area contributed by atoms with Gasteiger partial charge in [-0.2, -0.15) is 0 Å². The highest BCUT2D eigenvalue weighted by Gasteiger charge is 2.19. The van der Waals surface area contributed by atoms with Crippen LogP contribution in [0.5, 0.6) is 0 Å². The van der Waals surface area contributed by atoms with Crippen LogP contribution in [-0.4, -0.2) is 45.6 Å². The van der Waals surface area contributed by atoms with E-state index in [0.29, 0.717) is 16.6 Å². The smallest absolute Gasteiger partial charge is 0.241 e. The summed E-state index contributed by atoms with van der Waals surface area (Å²) in [6, 6.07) is 3.26. The van der Waals surface area contributed by atoms with Gasteiger partial charge in [0, 0.05) is 11.0 Å². The molecule has 0 aliphatic heterocycles. The van der Waals surface area contributed by atoms with Gasteiger partial charge in [-0.1, -0.05) is 6.07 Å². The Morgan fingerprint density at radius 1 is 1.29 bits per heavy atom. The zero-order valence-electron chi connectivity index (χ0n) is 12.7. The van der Waals surface area contributed by atoms with Crippen molar-refractivity contribution in [1.29, 1.82) is 0 Å². The van der Waals surface area contributed by atoms with Crippen LogP contribution in [0.4, 0.5) is 0 Å². The van der Waals surface area contributed by atoms with Crippen LogP contribution in [0.1, 0.15) is 24.0 Å². The third kappa shape index (κ3) is 5.67. The second kappa shape index (κ2) is 8.24. The molecule has 0 amide bonds. The van der Waals surface area contributed by atoms with Gasteiger partial charge in [-0.3, -0.25) is 0 Å². The summed E-state index contributed by atoms with van der Waals surface area (Å²) in [5.41, 5.74) is 1.37. The van der Waals surface area contributed by atoms with Gasteiger partial charge in [0.1, 0.15) is 0 Å². The molecule has 1 aromatic rings. The van der Waals surface area contributed by atoms with Crippen molar-refractivity contribution in [2.45, 2.75) is 31.3 Å². The predicted octanol–water partition coefficient (Wildman–Crippen LogP) is 1.87. The first-order valence-corrected chi connectivity index (χ1v) is 9.10. The highest BCUT2D eigenvalue weighted by atomic mass is 79.9. The van der Waals surface area contributed by atoms with Gasteiger partial charge in [-0.05, 0) is 73.5 Å². The number of halogens is 1. The highest BCUT2D eigenvalue weighted by Crippen LogP contribution is 2.27. The summed E-state index contributed by atoms with van der Waals surface area (Å²) in [4.78, 5) is 2.25. The molecule has 0 heterocycles. The van der Waals surface area contributed by atoms with Crippen LogP contribution in [0, 0.1) is 6.92 Å². The molecule has 0 bridgehead atoms. The molecule has 0 atom stereocenters. The molecule has 0 radical (unpaired) electrons. The van der Waals surface area contributed by atoms with Gasteiger partial charge in [-0.25, -0.2) is 13.1 Å². The number of sulfonamides is 1. The Morgan fingerprint density at radius 2 is 1.95 bits per heavy atom. The lowest BCUT2D eigenvalue weighted by atomic mass is 10.1. The summed E-state index contributed by atoms with van der Waals surface area (Å²) in [5, 5.41) is 9.21. The normalized spacial score (nSPS) is 12.1. The molecule has 0 aliphatic rings. The molecule has 21 heavy (non-hydrogen) atoms. The maximum absolute atomic E-state index is 12.3. The largest absolute Gasteiger partial charge is 0.392 e. The maximum atomic E-state index is 12.3. The molecule has 7 heteroatoms. The summed E-state index contributed by atoms with van der Waals surface area (Å²) in [7, 11) is 0.413. The van der Waals surface area contributed by atoms with Crippen molar-refractivity contribution in [3.05, 3.63) is 27.7 Å². The number of aliphatic hydroxyl groups is 1. The molecule has 1 aromatic carbocycles. The molecule has 120 valence electrons. The Hall–Kier alpha value is -0.470. The molecule has 1 rings (SSSR count). The van der Waals surface area contributed by atoms with E-state index in [-0.39, 0.29) is 11.5 Å². The van der Waals surface area contributed by atoms with Crippen LogP contribution in [0.25, 0.3) is 0 Å². The van der Waals surface area contributed by atoms with Crippen LogP contribution in [-0.2, 0) is 16.6 Å². The number of hydrogen-bond donors (Lipinski definition) is 2. The monoisotopic (exact) mass is 378 g/mol. The molecule has 0 saturated heterocycles. The van der Waals surface area contributed by atoms with E-state index in [1.807, 2.05) is 14.1 Å². The Bertz CT molecular complexity index is 574. The molecule has 0 spiro atoms. The van der Waals surface area contributed by atoms with Crippen molar-refractivity contribution < 1.29 is 13.5 Å². The molecule has 0 fully saturated rings. The Kier molecular flexibility index (Phi) is 7.29. The van der Waals surface area contributed by atoms with Crippen LogP contribution in [0.3, 0.4) is 0 Å². The molecule has 2 N–H and O–H groups in total. The van der Waals surface area contributed by atoms with Crippen molar-refractivity contribution >= 4 is 26.0 Å². The Morgan fingerprint density at radius 3 is 2.52 bits per heavy atom. The summed E-state index contributed by atoms with van der Waals surface area (Å²) < 4.78 is 27.8. The number of benzene rings is 1. The van der Waals surface area contributed by atoms with Crippen molar-refractivity contribution in [2.75, 3.05) is 27.2 Å². The quantitative estimate of drug-likeness (QED) is 0.677. The summed E-state index contributed by atoms with van der Waals surface area (Å²) in [6.07, 6.45) is 1.72. The fraction of sp³-hybridized carbons (Fsp3) is 0.571. The van der Waals surface area contributed by atoms with Crippen molar-refractivity contribution in [3.8, 4) is 0 Å². The lowest BCUT2D eigenvalue weighted by molar-refractivity contribution is 0.281. The van der Waals surface area contributed by atoms with Gasteiger partial charge in [0.25, 0.3) is 0 Å². The third-order valence-electron chi connectivity index (χ3n) is 3.08. The number of rotatable bonds is 8. The SMILES string of the molecule is Cc1cc(CO)cc(S(=O)(=O)NCCCCN(C)C)c1Br. The van der Waals surface area contributed by atoms with Gasteiger partial charge >= 0.3 is 0 Å². The second-order valence-electron chi connectivity index (χ2n) is 5.29. The minimum absolute atomic E-state index is 0.180. The lowest BCUT2D eigenvalue weighted by Crippen LogP contribution is -2.26. The van der Waals surface area contributed by atoms with Gasteiger partial charge < -0.3 is 10.0 Å². The van der Waals surface area contributed by atoms with E-state index >= 15 is 0 Å². The standard InChI is InChI=1S/C14H23BrN2O3S/c1-11-8-12(10-18)9-13(14(11)15)21(19,20)16-6-4-5-7-17(2)3/h8-9,16,18H,4-7,10H2,1-3H3. The van der Waals surface area contributed by atoms with Crippen LogP contribution in [0.2, 0.25) is 0 Å². The van der Waals surface area contributed by atoms with E-state index in [9.17, 15) is 13.5 Å². The first kappa shape index (κ1) is 18.6. The zero-order valence-corrected chi connectivity index (χ0v) is 15.1. The first-order chi connectivity index (χ1) is 9.77. The first-order valence-electron chi connectivity index (χ1n) is 6.82. The molecule has 0 aromatic heterocycles. The van der Waals surface area contributed by atoms with E-state index in [1.165, 1.54) is 6.07 Å². The second-order valence-corrected chi connectivity index (χ2v) is 7.82. The van der Waals surface area contributed by atoms with E-state index in [1.54, 1.807) is 13.0 Å². The van der Waals surface area contributed by atoms with Gasteiger partial charge in [0.2, 0.25) is 10.0 Å². The number of aliphatic hydroxyl groups excluding tert-OH is 1. The summed E-state index contributed by atoms with van der Waals surface area (Å²) in [5.74, 6) is 0. The van der Waals surface area contributed by atoms with E-state index in [4.69, 9.17) is 0 Å². The average molecular weight is 379 g/mol. The fourth-order valence-electron chi connectivity index (χ4n) is 1.93. The fourth-order valence-corrected chi connectivity index (χ4v) is 4.07. The third-order valence-corrected chi connectivity index (χ3v) is 5.88. The number of nitrogens with zero attached hydrogens (tertiary/aromatic N) is 1. The molecular weight excluding hydrogens is 356 g/mol. The van der Waals surface area contributed by atoms with E-state index in [0.717, 1.165) is 24.9 Å². The number of hydrogen-bond acceptors (Lipinski definition) is 4. The number of nitrogens with one attached hydrogen (secondary N) is 1. The van der Waals surface area contributed by atoms with Gasteiger partial charge in [0.15, 0.2) is 0 Å². The predicted molar refractivity (Wildman–Crippen MR) is 87.8 cm³/mol. The summed E-state index contributed by atoms with van der Waals surface area (Å²) in [6.45, 7) is 2.97. The van der Waals surface area contributed by atoms with Crippen molar-refractivity contribution in [2.24, 2.45) is 0 Å². The maximum Gasteiger partial charge on any atom is 0.241 e. The van der Waals surface area contributed by atoms with E-state index < -0.39 is 10.0 Å². The molecular formula is C14H23BrN2O3S. The zero-order chi connectivity index (χ0) is 16.0. The average Bonchev–Trinajstić information content (AvgIpc) is 2.40.